The van der Waals surface area contributed by atoms with Gasteiger partial charge in [-0.3, -0.25) is 0 Å². The second kappa shape index (κ2) is 14.4. The molecule has 3 aliphatic rings. The van der Waals surface area contributed by atoms with Gasteiger partial charge in [-0.25, -0.2) is 8.42 Å². The zero-order valence-electron chi connectivity index (χ0n) is 36.1. The molecule has 0 aromatic heterocycles. The lowest BCUT2D eigenvalue weighted by Crippen LogP contribution is -2.40. The maximum Gasteiger partial charge on any atom is 0.208 e. The highest BCUT2D eigenvalue weighted by Gasteiger charge is 2.55. The molecule has 0 aliphatic carbocycles. The lowest BCUT2D eigenvalue weighted by molar-refractivity contribution is -0.106. The Kier molecular flexibility index (Phi) is 8.86. The van der Waals surface area contributed by atoms with Gasteiger partial charge >= 0.3 is 0 Å². The minimum absolute atomic E-state index is 0.0312. The monoisotopic (exact) mass is 863 g/mol. The van der Waals surface area contributed by atoms with Gasteiger partial charge in [-0.05, 0) is 110 Å². The summed E-state index contributed by atoms with van der Waals surface area (Å²) < 4.78 is 44.3. The highest BCUT2D eigenvalue weighted by molar-refractivity contribution is 7.91. The van der Waals surface area contributed by atoms with Crippen molar-refractivity contribution in [3.05, 3.63) is 220 Å². The van der Waals surface area contributed by atoms with Gasteiger partial charge in [0.05, 0.1) is 54.6 Å². The average Bonchev–Trinajstić information content (AvgIpc) is 3.53. The van der Waals surface area contributed by atoms with Crippen LogP contribution in [0, 0.1) is 22.7 Å². The van der Waals surface area contributed by atoms with Crippen molar-refractivity contribution in [1.29, 1.82) is 10.5 Å². The highest BCUT2D eigenvalue weighted by Crippen LogP contribution is 2.65. The van der Waals surface area contributed by atoms with Crippen LogP contribution in [-0.4, -0.2) is 8.42 Å². The van der Waals surface area contributed by atoms with Crippen molar-refractivity contribution >= 4 is 26.9 Å². The molecule has 314 valence electrons. The Morgan fingerprint density at radius 1 is 0.492 bits per heavy atom. The number of nitriles is 2. The third-order valence-electron chi connectivity index (χ3n) is 13.2. The fourth-order valence-corrected chi connectivity index (χ4v) is 12.6. The van der Waals surface area contributed by atoms with Gasteiger partial charge in [0.15, 0.2) is 0 Å². The number of hydrogen-bond donors (Lipinski definition) is 0. The van der Waals surface area contributed by atoms with Gasteiger partial charge in [0.2, 0.25) is 9.84 Å². The number of ether oxygens (including phenoxy) is 2. The molecule has 0 N–H and O–H groups in total. The molecule has 0 radical (unpaired) electrons. The molecule has 65 heavy (non-hydrogen) atoms. The van der Waals surface area contributed by atoms with E-state index in [1.54, 1.807) is 44.2 Å². The summed E-state index contributed by atoms with van der Waals surface area (Å²) in [5.41, 5.74) is 6.36. The van der Waals surface area contributed by atoms with Crippen molar-refractivity contribution in [3.63, 3.8) is 0 Å². The van der Waals surface area contributed by atoms with Gasteiger partial charge in [-0.15, -0.1) is 0 Å². The van der Waals surface area contributed by atoms with Crippen LogP contribution < -0.4 is 9.64 Å². The van der Waals surface area contributed by atoms with E-state index in [1.807, 2.05) is 104 Å². The molecule has 1 spiro atoms. The van der Waals surface area contributed by atoms with Crippen LogP contribution in [0.2, 0.25) is 0 Å². The summed E-state index contributed by atoms with van der Waals surface area (Å²) in [6.07, 6.45) is 0. The van der Waals surface area contributed by atoms with Crippen molar-refractivity contribution in [2.45, 2.75) is 54.1 Å². The van der Waals surface area contributed by atoms with Crippen molar-refractivity contribution in [3.8, 4) is 45.9 Å². The van der Waals surface area contributed by atoms with Crippen LogP contribution in [0.4, 0.5) is 17.1 Å². The molecule has 8 heteroatoms. The molecule has 3 aliphatic heterocycles. The van der Waals surface area contributed by atoms with Crippen LogP contribution >= 0.6 is 0 Å². The van der Waals surface area contributed by atoms with Gasteiger partial charge in [0.25, 0.3) is 0 Å². The van der Waals surface area contributed by atoms with Crippen LogP contribution in [0.5, 0.6) is 11.5 Å². The zero-order valence-corrected chi connectivity index (χ0v) is 36.9. The second-order valence-corrected chi connectivity index (χ2v) is 19.6. The molecule has 11 rings (SSSR count). The molecule has 0 fully saturated rings. The van der Waals surface area contributed by atoms with Gasteiger partial charge in [0.1, 0.15) is 23.6 Å². The molecule has 0 amide bonds. The summed E-state index contributed by atoms with van der Waals surface area (Å²) in [6.45, 7) is 7.32. The number of fused-ring (bicyclic) bond motifs is 9. The maximum atomic E-state index is 15.4. The van der Waals surface area contributed by atoms with Gasteiger partial charge in [-0.1, -0.05) is 127 Å². The first-order chi connectivity index (χ1) is 31.4. The van der Waals surface area contributed by atoms with Crippen LogP contribution in [0.15, 0.2) is 186 Å². The van der Waals surface area contributed by atoms with Crippen molar-refractivity contribution in [2.24, 2.45) is 0 Å². The van der Waals surface area contributed by atoms with Crippen molar-refractivity contribution in [2.75, 3.05) is 4.90 Å². The first kappa shape index (κ1) is 40.1. The van der Waals surface area contributed by atoms with E-state index in [0.717, 1.165) is 44.5 Å². The Balaban J connectivity index is 1.36. The SMILES string of the molecule is CC1(C)OC(C)(C)c2c1c(C#N)c(N1c3ccc(-c4ccccc4)cc3C3(c4ccccc4Oc4ccccc43)c3cc(-c4ccccc4)ccc31)c(C#N)c2S(=O)(=O)c1ccccc1. The molecule has 8 aromatic carbocycles. The molecule has 8 aromatic rings. The molecule has 0 saturated carbocycles. The fourth-order valence-electron chi connectivity index (χ4n) is 10.8. The Hall–Kier alpha value is -7.75. The molecule has 0 bridgehead atoms. The standard InChI is InChI=1S/C57H41N3O4S/c1-55(2)51-41(34-58)53(42(35-59)54(52(51)56(3,4)64-55)65(61,62)40-22-12-7-13-23-40)60-47-30-28-38(36-18-8-5-9-19-36)32-45(47)57(46-33-39(29-31-48(46)60)37-20-10-6-11-21-37)43-24-14-16-26-49(43)63-50-27-17-15-25-44(50)57/h5-33H,1-4H3. The zero-order chi connectivity index (χ0) is 44.9. The molecular formula is C57H41N3O4S. The van der Waals surface area contributed by atoms with Crippen molar-refractivity contribution in [1.82, 2.24) is 0 Å². The maximum absolute atomic E-state index is 15.4. The van der Waals surface area contributed by atoms with Crippen LogP contribution in [0.1, 0.15) is 72.2 Å². The average molecular weight is 864 g/mol. The first-order valence-electron chi connectivity index (χ1n) is 21.5. The number of benzene rings is 8. The Morgan fingerprint density at radius 3 is 1.43 bits per heavy atom. The van der Waals surface area contributed by atoms with Crippen LogP contribution in [0.25, 0.3) is 22.3 Å². The van der Waals surface area contributed by atoms with E-state index in [1.165, 1.54) is 0 Å². The third kappa shape index (κ3) is 5.71. The normalized spacial score (nSPS) is 15.6. The number of hydrogen-bond acceptors (Lipinski definition) is 7. The lowest BCUT2D eigenvalue weighted by atomic mass is 9.60. The Bertz CT molecular complexity index is 3340. The van der Waals surface area contributed by atoms with E-state index < -0.39 is 26.5 Å². The summed E-state index contributed by atoms with van der Waals surface area (Å²) in [7, 11) is -4.42. The Labute approximate surface area is 378 Å². The number of rotatable bonds is 5. The number of anilines is 3. The molecule has 0 atom stereocenters. The van der Waals surface area contributed by atoms with Crippen LogP contribution in [-0.2, 0) is 31.2 Å². The lowest BCUT2D eigenvalue weighted by Gasteiger charge is -2.49. The van der Waals surface area contributed by atoms with Gasteiger partial charge < -0.3 is 14.4 Å². The fraction of sp³-hybridized carbons (Fsp3) is 0.123. The van der Waals surface area contributed by atoms with E-state index in [9.17, 15) is 10.5 Å². The van der Waals surface area contributed by atoms with Crippen molar-refractivity contribution < 1.29 is 17.9 Å². The molecule has 0 unspecified atom stereocenters. The quantitative estimate of drug-likeness (QED) is 0.170. The summed E-state index contributed by atoms with van der Waals surface area (Å²) >= 11 is 0. The van der Waals surface area contributed by atoms with E-state index >= 15 is 8.42 Å². The number of para-hydroxylation sites is 2. The third-order valence-corrected chi connectivity index (χ3v) is 15.0. The molecule has 0 saturated heterocycles. The summed E-state index contributed by atoms with van der Waals surface area (Å²) in [5.74, 6) is 1.38. The molecule has 7 nitrogen and oxygen atoms in total. The van der Waals surface area contributed by atoms with E-state index in [0.29, 0.717) is 34.0 Å². The smallest absolute Gasteiger partial charge is 0.208 e. The van der Waals surface area contributed by atoms with E-state index in [-0.39, 0.29) is 26.6 Å². The van der Waals surface area contributed by atoms with E-state index in [2.05, 4.69) is 72.8 Å². The largest absolute Gasteiger partial charge is 0.457 e. The second-order valence-electron chi connectivity index (χ2n) is 17.7. The van der Waals surface area contributed by atoms with Gasteiger partial charge in [0, 0.05) is 22.3 Å². The predicted molar refractivity (Wildman–Crippen MR) is 252 cm³/mol. The van der Waals surface area contributed by atoms with E-state index in [4.69, 9.17) is 9.47 Å². The topological polar surface area (TPSA) is 103 Å². The molecule has 3 heterocycles. The first-order valence-corrected chi connectivity index (χ1v) is 23.0. The predicted octanol–water partition coefficient (Wildman–Crippen LogP) is 13.4. The highest BCUT2D eigenvalue weighted by atomic mass is 32.2. The number of sulfone groups is 1. The number of nitrogens with zero attached hydrogens (tertiary/aromatic N) is 3. The minimum Gasteiger partial charge on any atom is -0.457 e. The minimum atomic E-state index is -4.42. The Morgan fingerprint density at radius 2 is 0.938 bits per heavy atom. The van der Waals surface area contributed by atoms with Crippen LogP contribution in [0.3, 0.4) is 0 Å². The summed E-state index contributed by atoms with van der Waals surface area (Å²) in [4.78, 5) is 1.82. The summed E-state index contributed by atoms with van der Waals surface area (Å²) in [5, 5.41) is 23.3. The van der Waals surface area contributed by atoms with Gasteiger partial charge in [-0.2, -0.15) is 10.5 Å². The summed E-state index contributed by atoms with van der Waals surface area (Å²) in [6, 6.07) is 62.3. The molecular weight excluding hydrogens is 823 g/mol.